The molecule has 0 aliphatic heterocycles. The van der Waals surface area contributed by atoms with Gasteiger partial charge in [0.1, 0.15) is 5.82 Å². The van der Waals surface area contributed by atoms with Crippen molar-refractivity contribution in [2.75, 3.05) is 0 Å². The highest BCUT2D eigenvalue weighted by molar-refractivity contribution is 6.21. The fraction of sp³-hybridized carbons (Fsp3) is 0.500. The molecule has 1 heterocycles. The van der Waals surface area contributed by atoms with E-state index in [1.807, 2.05) is 0 Å². The van der Waals surface area contributed by atoms with Gasteiger partial charge in [-0.05, 0) is 24.5 Å². The van der Waals surface area contributed by atoms with Crippen LogP contribution in [0.25, 0.3) is 0 Å². The van der Waals surface area contributed by atoms with Crippen LogP contribution in [0.2, 0.25) is 0 Å². The molecule has 1 aromatic rings. The minimum atomic E-state index is -0.270. The maximum Gasteiger partial charge on any atom is 0.141 e. The van der Waals surface area contributed by atoms with E-state index in [1.54, 1.807) is 12.3 Å². The van der Waals surface area contributed by atoms with Gasteiger partial charge in [0, 0.05) is 17.5 Å². The molecule has 2 atom stereocenters. The van der Waals surface area contributed by atoms with Crippen molar-refractivity contribution in [3.63, 3.8) is 0 Å². The summed E-state index contributed by atoms with van der Waals surface area (Å²) in [6.07, 6.45) is 6.16. The van der Waals surface area contributed by atoms with Gasteiger partial charge < -0.3 is 0 Å². The first-order valence-corrected chi connectivity index (χ1v) is 4.95. The van der Waals surface area contributed by atoms with Crippen LogP contribution in [0.1, 0.15) is 30.7 Å². The monoisotopic (exact) mass is 199 g/mol. The van der Waals surface area contributed by atoms with Crippen molar-refractivity contribution in [1.82, 2.24) is 4.98 Å². The molecule has 70 valence electrons. The molecule has 2 unspecified atom stereocenters. The number of alkyl halides is 1. The Morgan fingerprint density at radius 3 is 2.85 bits per heavy atom. The van der Waals surface area contributed by atoms with Crippen molar-refractivity contribution in [3.05, 3.63) is 29.8 Å². The normalized spacial score (nSPS) is 27.8. The second-order valence-electron chi connectivity index (χ2n) is 3.49. The SMILES string of the molecule is Fc1cncc(C2CCCC2Cl)c1. The molecule has 1 aromatic heterocycles. The predicted molar refractivity (Wildman–Crippen MR) is 50.4 cm³/mol. The smallest absolute Gasteiger partial charge is 0.141 e. The molecule has 0 bridgehead atoms. The van der Waals surface area contributed by atoms with Crippen LogP contribution in [-0.4, -0.2) is 10.4 Å². The van der Waals surface area contributed by atoms with Crippen molar-refractivity contribution in [1.29, 1.82) is 0 Å². The summed E-state index contributed by atoms with van der Waals surface area (Å²) in [6, 6.07) is 1.54. The Bertz CT molecular complexity index is 303. The van der Waals surface area contributed by atoms with Crippen LogP contribution < -0.4 is 0 Å². The fourth-order valence-electron chi connectivity index (χ4n) is 1.92. The van der Waals surface area contributed by atoms with E-state index < -0.39 is 0 Å². The lowest BCUT2D eigenvalue weighted by Crippen LogP contribution is -2.05. The Morgan fingerprint density at radius 2 is 2.23 bits per heavy atom. The van der Waals surface area contributed by atoms with Crippen LogP contribution >= 0.6 is 11.6 Å². The third-order valence-electron chi connectivity index (χ3n) is 2.59. The van der Waals surface area contributed by atoms with E-state index in [-0.39, 0.29) is 11.2 Å². The van der Waals surface area contributed by atoms with Gasteiger partial charge >= 0.3 is 0 Å². The van der Waals surface area contributed by atoms with Crippen LogP contribution in [0.15, 0.2) is 18.5 Å². The first kappa shape index (κ1) is 8.95. The Balaban J connectivity index is 2.24. The van der Waals surface area contributed by atoms with Crippen molar-refractivity contribution in [3.8, 4) is 0 Å². The Kier molecular flexibility index (Phi) is 2.49. The fourth-order valence-corrected chi connectivity index (χ4v) is 2.35. The summed E-state index contributed by atoms with van der Waals surface area (Å²) in [6.45, 7) is 0. The molecule has 2 rings (SSSR count). The van der Waals surface area contributed by atoms with E-state index >= 15 is 0 Å². The molecule has 1 fully saturated rings. The van der Waals surface area contributed by atoms with Crippen molar-refractivity contribution >= 4 is 11.6 Å². The molecule has 0 amide bonds. The number of aromatic nitrogens is 1. The molecular formula is C10H11ClFN. The lowest BCUT2D eigenvalue weighted by molar-refractivity contribution is 0.611. The average molecular weight is 200 g/mol. The summed E-state index contributed by atoms with van der Waals surface area (Å²) < 4.78 is 12.8. The van der Waals surface area contributed by atoms with E-state index in [2.05, 4.69) is 4.98 Å². The number of hydrogen-bond acceptors (Lipinski definition) is 1. The quantitative estimate of drug-likeness (QED) is 0.634. The Hall–Kier alpha value is -0.630. The van der Waals surface area contributed by atoms with Gasteiger partial charge in [0.2, 0.25) is 0 Å². The Morgan fingerprint density at radius 1 is 1.38 bits per heavy atom. The second-order valence-corrected chi connectivity index (χ2v) is 4.05. The maximum atomic E-state index is 12.8. The minimum Gasteiger partial charge on any atom is -0.261 e. The highest BCUT2D eigenvalue weighted by Gasteiger charge is 2.26. The van der Waals surface area contributed by atoms with E-state index in [9.17, 15) is 4.39 Å². The van der Waals surface area contributed by atoms with Crippen molar-refractivity contribution < 1.29 is 4.39 Å². The summed E-state index contributed by atoms with van der Waals surface area (Å²) in [5.74, 6) is 0.0260. The van der Waals surface area contributed by atoms with Gasteiger partial charge in [-0.1, -0.05) is 6.42 Å². The summed E-state index contributed by atoms with van der Waals surface area (Å²) in [7, 11) is 0. The summed E-state index contributed by atoms with van der Waals surface area (Å²) in [4.78, 5) is 3.83. The van der Waals surface area contributed by atoms with E-state index in [0.717, 1.165) is 24.8 Å². The van der Waals surface area contributed by atoms with Crippen molar-refractivity contribution in [2.24, 2.45) is 0 Å². The molecule has 0 N–H and O–H groups in total. The topological polar surface area (TPSA) is 12.9 Å². The average Bonchev–Trinajstić information content (AvgIpc) is 2.51. The highest BCUT2D eigenvalue weighted by Crippen LogP contribution is 2.37. The molecular weight excluding hydrogens is 189 g/mol. The molecule has 3 heteroatoms. The minimum absolute atomic E-state index is 0.156. The molecule has 1 aliphatic rings. The summed E-state index contributed by atoms with van der Waals surface area (Å²) in [5.41, 5.74) is 0.942. The molecule has 0 aromatic carbocycles. The number of nitrogens with zero attached hydrogens (tertiary/aromatic N) is 1. The zero-order chi connectivity index (χ0) is 9.26. The van der Waals surface area contributed by atoms with Crippen LogP contribution in [0.4, 0.5) is 4.39 Å². The van der Waals surface area contributed by atoms with Gasteiger partial charge in [-0.15, -0.1) is 11.6 Å². The van der Waals surface area contributed by atoms with E-state index in [4.69, 9.17) is 11.6 Å². The van der Waals surface area contributed by atoms with Crippen LogP contribution in [0.3, 0.4) is 0 Å². The lowest BCUT2D eigenvalue weighted by atomic mass is 9.99. The molecule has 1 nitrogen and oxygen atoms in total. The van der Waals surface area contributed by atoms with E-state index in [0.29, 0.717) is 5.92 Å². The first-order valence-electron chi connectivity index (χ1n) is 4.52. The zero-order valence-electron chi connectivity index (χ0n) is 7.21. The van der Waals surface area contributed by atoms with Gasteiger partial charge in [-0.3, -0.25) is 4.98 Å². The summed E-state index contributed by atoms with van der Waals surface area (Å²) in [5, 5.41) is 0.156. The Labute approximate surface area is 81.9 Å². The van der Waals surface area contributed by atoms with Gasteiger partial charge in [0.25, 0.3) is 0 Å². The van der Waals surface area contributed by atoms with Gasteiger partial charge in [-0.25, -0.2) is 4.39 Å². The lowest BCUT2D eigenvalue weighted by Gasteiger charge is -2.12. The zero-order valence-corrected chi connectivity index (χ0v) is 7.97. The molecule has 1 aliphatic carbocycles. The van der Waals surface area contributed by atoms with Gasteiger partial charge in [0.05, 0.1) is 6.20 Å². The van der Waals surface area contributed by atoms with Gasteiger partial charge in [0.15, 0.2) is 0 Å². The molecule has 0 radical (unpaired) electrons. The molecule has 13 heavy (non-hydrogen) atoms. The third-order valence-corrected chi connectivity index (χ3v) is 3.11. The van der Waals surface area contributed by atoms with Crippen LogP contribution in [0, 0.1) is 5.82 Å². The number of hydrogen-bond donors (Lipinski definition) is 0. The summed E-state index contributed by atoms with van der Waals surface area (Å²) >= 11 is 6.11. The van der Waals surface area contributed by atoms with Crippen LogP contribution in [0.5, 0.6) is 0 Å². The number of rotatable bonds is 1. The number of pyridine rings is 1. The van der Waals surface area contributed by atoms with Crippen LogP contribution in [-0.2, 0) is 0 Å². The standard InChI is InChI=1S/C10H11ClFN/c11-10-3-1-2-9(10)7-4-8(12)6-13-5-7/h4-6,9-10H,1-3H2. The molecule has 1 saturated carbocycles. The second kappa shape index (κ2) is 3.62. The predicted octanol–water partition coefficient (Wildman–Crippen LogP) is 3.10. The maximum absolute atomic E-state index is 12.8. The van der Waals surface area contributed by atoms with E-state index in [1.165, 1.54) is 6.20 Å². The van der Waals surface area contributed by atoms with Gasteiger partial charge in [-0.2, -0.15) is 0 Å². The third kappa shape index (κ3) is 1.83. The molecule has 0 saturated heterocycles. The largest absolute Gasteiger partial charge is 0.261 e. The number of halogens is 2. The highest BCUT2D eigenvalue weighted by atomic mass is 35.5. The first-order chi connectivity index (χ1) is 6.27. The molecule has 0 spiro atoms. The van der Waals surface area contributed by atoms with Crippen molar-refractivity contribution in [2.45, 2.75) is 30.6 Å².